The van der Waals surface area contributed by atoms with Crippen LogP contribution in [0.15, 0.2) is 83.4 Å². The fraction of sp³-hybridized carbons (Fsp3) is 0.0400. The Morgan fingerprint density at radius 2 is 1.83 bits per heavy atom. The lowest BCUT2D eigenvalue weighted by molar-refractivity contribution is -0.384. The van der Waals surface area contributed by atoms with Crippen molar-refractivity contribution in [1.82, 2.24) is 3.97 Å². The number of amides is 1. The molecule has 1 aromatic heterocycles. The highest BCUT2D eigenvalue weighted by Crippen LogP contribution is 2.29. The van der Waals surface area contributed by atoms with E-state index in [1.807, 2.05) is 6.92 Å². The molecule has 9 nitrogen and oxygen atoms in total. The molecule has 1 amide bonds. The van der Waals surface area contributed by atoms with Crippen molar-refractivity contribution < 1.29 is 18.1 Å². The Bertz CT molecular complexity index is 1700. The third-order valence-electron chi connectivity index (χ3n) is 5.36. The number of anilines is 1. The van der Waals surface area contributed by atoms with Crippen molar-refractivity contribution in [3.63, 3.8) is 0 Å². The molecule has 11 heteroatoms. The average molecular weight is 521 g/mol. The molecule has 1 N–H and O–H groups in total. The number of hydrogen-bond donors (Lipinski definition) is 1. The van der Waals surface area contributed by atoms with E-state index in [1.165, 1.54) is 36.5 Å². The van der Waals surface area contributed by atoms with Crippen LogP contribution in [0, 0.1) is 28.4 Å². The van der Waals surface area contributed by atoms with Gasteiger partial charge < -0.3 is 5.32 Å². The maximum Gasteiger partial charge on any atom is 0.271 e. The predicted octanol–water partition coefficient (Wildman–Crippen LogP) is 5.29. The van der Waals surface area contributed by atoms with E-state index < -0.39 is 20.9 Å². The molecule has 0 aliphatic heterocycles. The summed E-state index contributed by atoms with van der Waals surface area (Å²) in [5.74, 6) is -0.863. The number of hydrogen-bond acceptors (Lipinski definition) is 6. The molecule has 0 saturated heterocycles. The van der Waals surface area contributed by atoms with Gasteiger partial charge in [-0.1, -0.05) is 47.5 Å². The van der Waals surface area contributed by atoms with Gasteiger partial charge in [-0.2, -0.15) is 5.26 Å². The molecule has 4 aromatic rings. The van der Waals surface area contributed by atoms with Gasteiger partial charge in [0.15, 0.2) is 0 Å². The Hall–Kier alpha value is -4.46. The molecule has 0 atom stereocenters. The van der Waals surface area contributed by atoms with Gasteiger partial charge >= 0.3 is 0 Å². The first kappa shape index (κ1) is 24.7. The number of carbonyl (C=O) groups excluding carboxylic acids is 1. The molecule has 0 bridgehead atoms. The smallest absolute Gasteiger partial charge is 0.271 e. The number of nitriles is 1. The van der Waals surface area contributed by atoms with E-state index in [0.29, 0.717) is 16.5 Å². The fourth-order valence-electron chi connectivity index (χ4n) is 3.53. The highest BCUT2D eigenvalue weighted by atomic mass is 35.5. The monoisotopic (exact) mass is 520 g/mol. The van der Waals surface area contributed by atoms with Crippen molar-refractivity contribution in [2.45, 2.75) is 11.8 Å². The number of fused-ring (bicyclic) bond motifs is 1. The zero-order valence-electron chi connectivity index (χ0n) is 18.7. The quantitative estimate of drug-likeness (QED) is 0.159. The van der Waals surface area contributed by atoms with E-state index in [1.54, 1.807) is 42.5 Å². The first-order valence-corrected chi connectivity index (χ1v) is 12.2. The Kier molecular flexibility index (Phi) is 6.61. The molecule has 0 saturated carbocycles. The second kappa shape index (κ2) is 9.65. The number of aromatic nitrogens is 1. The minimum Gasteiger partial charge on any atom is -0.320 e. The summed E-state index contributed by atoms with van der Waals surface area (Å²) >= 11 is 6.04. The highest BCUT2D eigenvalue weighted by molar-refractivity contribution is 7.90. The summed E-state index contributed by atoms with van der Waals surface area (Å²) in [4.78, 5) is 23.3. The van der Waals surface area contributed by atoms with Crippen LogP contribution in [0.2, 0.25) is 5.02 Å². The zero-order chi connectivity index (χ0) is 26.0. The fourth-order valence-corrected chi connectivity index (χ4v) is 5.07. The molecule has 0 unspecified atom stereocenters. The lowest BCUT2D eigenvalue weighted by atomic mass is 10.1. The number of para-hydroxylation sites is 1. The minimum atomic E-state index is -3.97. The van der Waals surface area contributed by atoms with Gasteiger partial charge in [0.2, 0.25) is 0 Å². The van der Waals surface area contributed by atoms with Crippen LogP contribution in [0.1, 0.15) is 11.1 Å². The molecule has 0 aliphatic rings. The van der Waals surface area contributed by atoms with Crippen LogP contribution in [0.4, 0.5) is 11.4 Å². The first-order chi connectivity index (χ1) is 17.1. The lowest BCUT2D eigenvalue weighted by Gasteiger charge is -2.07. The Labute approximate surface area is 211 Å². The molecule has 0 fully saturated rings. The number of nitrogens with one attached hydrogen (secondary N) is 1. The second-order valence-corrected chi connectivity index (χ2v) is 9.98. The topological polar surface area (TPSA) is 135 Å². The van der Waals surface area contributed by atoms with Crippen LogP contribution in [-0.4, -0.2) is 23.2 Å². The maximum atomic E-state index is 13.4. The molecule has 0 radical (unpaired) electrons. The standard InChI is InChI=1S/C25H17ClN4O5S/c1-16-6-9-20(10-7-16)36(34,35)29-15-18(21-4-2-3-5-24(21)29)12-17(14-27)25(31)28-23-13-19(30(32)33)8-11-22(23)26/h2-13,15H,1H3,(H,28,31). The molecule has 180 valence electrons. The van der Waals surface area contributed by atoms with E-state index >= 15 is 0 Å². The van der Waals surface area contributed by atoms with Crippen LogP contribution >= 0.6 is 11.6 Å². The van der Waals surface area contributed by atoms with Crippen molar-refractivity contribution in [3.05, 3.63) is 105 Å². The van der Waals surface area contributed by atoms with Gasteiger partial charge in [0.1, 0.15) is 11.6 Å². The van der Waals surface area contributed by atoms with Gasteiger partial charge in [-0.15, -0.1) is 0 Å². The lowest BCUT2D eigenvalue weighted by Crippen LogP contribution is -2.14. The zero-order valence-corrected chi connectivity index (χ0v) is 20.2. The molecule has 1 heterocycles. The van der Waals surface area contributed by atoms with Crippen LogP contribution in [-0.2, 0) is 14.8 Å². The van der Waals surface area contributed by atoms with Crippen molar-refractivity contribution in [2.75, 3.05) is 5.32 Å². The van der Waals surface area contributed by atoms with E-state index in [2.05, 4.69) is 5.32 Å². The van der Waals surface area contributed by atoms with E-state index in [9.17, 15) is 28.6 Å². The summed E-state index contributed by atoms with van der Waals surface area (Å²) < 4.78 is 27.8. The molecule has 3 aromatic carbocycles. The molecule has 0 spiro atoms. The van der Waals surface area contributed by atoms with Crippen molar-refractivity contribution in [3.8, 4) is 6.07 Å². The summed E-state index contributed by atoms with van der Waals surface area (Å²) in [6.45, 7) is 1.85. The Morgan fingerprint density at radius 1 is 1.14 bits per heavy atom. The van der Waals surface area contributed by atoms with Gasteiger partial charge in [-0.25, -0.2) is 12.4 Å². The number of benzene rings is 3. The SMILES string of the molecule is Cc1ccc(S(=O)(=O)n2cc(C=C(C#N)C(=O)Nc3cc([N+](=O)[O-])ccc3Cl)c3ccccc32)cc1. The summed E-state index contributed by atoms with van der Waals surface area (Å²) in [7, 11) is -3.97. The minimum absolute atomic E-state index is 0.0404. The summed E-state index contributed by atoms with van der Waals surface area (Å²) in [6, 6.07) is 18.4. The number of nitro groups is 1. The number of rotatable bonds is 6. The third-order valence-corrected chi connectivity index (χ3v) is 7.38. The third kappa shape index (κ3) is 4.70. The molecule has 4 rings (SSSR count). The van der Waals surface area contributed by atoms with E-state index in [0.717, 1.165) is 15.6 Å². The number of aryl methyl sites for hydroxylation is 1. The van der Waals surface area contributed by atoms with Crippen LogP contribution in [0.3, 0.4) is 0 Å². The number of non-ortho nitro benzene ring substituents is 1. The van der Waals surface area contributed by atoms with Crippen molar-refractivity contribution in [1.29, 1.82) is 5.26 Å². The molecular formula is C25H17ClN4O5S. The number of carbonyl (C=O) groups is 1. The Morgan fingerprint density at radius 3 is 2.50 bits per heavy atom. The average Bonchev–Trinajstić information content (AvgIpc) is 3.23. The van der Waals surface area contributed by atoms with E-state index in [-0.39, 0.29) is 26.9 Å². The number of halogens is 1. The number of nitrogens with zero attached hydrogens (tertiary/aromatic N) is 3. The molecular weight excluding hydrogens is 504 g/mol. The number of nitro benzene ring substituents is 1. The predicted molar refractivity (Wildman–Crippen MR) is 136 cm³/mol. The van der Waals surface area contributed by atoms with Gasteiger partial charge in [-0.05, 0) is 37.3 Å². The van der Waals surface area contributed by atoms with Crippen molar-refractivity contribution in [2.24, 2.45) is 0 Å². The molecule has 0 aliphatic carbocycles. The van der Waals surface area contributed by atoms with Crippen LogP contribution in [0.25, 0.3) is 17.0 Å². The second-order valence-electron chi connectivity index (χ2n) is 7.76. The Balaban J connectivity index is 1.77. The highest BCUT2D eigenvalue weighted by Gasteiger charge is 2.22. The maximum absolute atomic E-state index is 13.4. The van der Waals surface area contributed by atoms with Gasteiger partial charge in [0.05, 0.1) is 26.0 Å². The van der Waals surface area contributed by atoms with Crippen molar-refractivity contribution >= 4 is 55.9 Å². The van der Waals surface area contributed by atoms with Gasteiger partial charge in [0.25, 0.3) is 21.6 Å². The van der Waals surface area contributed by atoms with Crippen LogP contribution < -0.4 is 5.32 Å². The summed E-state index contributed by atoms with van der Waals surface area (Å²) in [5, 5.41) is 23.6. The normalized spacial score (nSPS) is 11.8. The molecule has 36 heavy (non-hydrogen) atoms. The van der Waals surface area contributed by atoms with Gasteiger partial charge in [-0.3, -0.25) is 14.9 Å². The first-order valence-electron chi connectivity index (χ1n) is 10.4. The summed E-state index contributed by atoms with van der Waals surface area (Å²) in [5.41, 5.74) is 0.904. The van der Waals surface area contributed by atoms with E-state index in [4.69, 9.17) is 11.6 Å². The largest absolute Gasteiger partial charge is 0.320 e. The van der Waals surface area contributed by atoms with Crippen LogP contribution in [0.5, 0.6) is 0 Å². The summed E-state index contributed by atoms with van der Waals surface area (Å²) in [6.07, 6.45) is 2.59. The van der Waals surface area contributed by atoms with Gasteiger partial charge in [0, 0.05) is 29.3 Å².